The van der Waals surface area contributed by atoms with E-state index < -0.39 is 6.09 Å². The molecular formula is C43H53BrN6O10. The van der Waals surface area contributed by atoms with Crippen LogP contribution in [-0.2, 0) is 28.5 Å². The first kappa shape index (κ1) is 44.6. The van der Waals surface area contributed by atoms with Gasteiger partial charge in [-0.25, -0.2) is 10.2 Å². The first-order valence-corrected chi connectivity index (χ1v) is 21.4. The molecule has 17 heteroatoms. The minimum Gasteiger partial charge on any atom is -0.451 e. The van der Waals surface area contributed by atoms with Gasteiger partial charge in [-0.3, -0.25) is 14.4 Å². The lowest BCUT2D eigenvalue weighted by Crippen LogP contribution is -2.47. The number of hydrogen-bond acceptors (Lipinski definition) is 12. The number of fused-ring (bicyclic) bond motifs is 4. The maximum atomic E-state index is 14.2. The van der Waals surface area contributed by atoms with E-state index in [0.29, 0.717) is 125 Å². The lowest BCUT2D eigenvalue weighted by atomic mass is 9.95. The molecule has 1 atom stereocenters. The van der Waals surface area contributed by atoms with E-state index in [2.05, 4.69) is 37.1 Å². The second kappa shape index (κ2) is 22.6. The van der Waals surface area contributed by atoms with E-state index in [0.717, 1.165) is 21.9 Å². The molecule has 0 spiro atoms. The van der Waals surface area contributed by atoms with Crippen molar-refractivity contribution in [2.45, 2.75) is 32.6 Å². The molecule has 0 unspecified atom stereocenters. The maximum absolute atomic E-state index is 14.2. The number of halogens is 1. The van der Waals surface area contributed by atoms with Crippen LogP contribution >= 0.6 is 15.9 Å². The molecule has 60 heavy (non-hydrogen) atoms. The lowest BCUT2D eigenvalue weighted by molar-refractivity contribution is -0.122. The molecule has 2 aliphatic heterocycles. The zero-order valence-electron chi connectivity index (χ0n) is 34.1. The van der Waals surface area contributed by atoms with E-state index in [-0.39, 0.29) is 42.4 Å². The van der Waals surface area contributed by atoms with E-state index in [4.69, 9.17) is 28.1 Å². The summed E-state index contributed by atoms with van der Waals surface area (Å²) in [7, 11) is 0. The molecule has 2 aliphatic rings. The number of furan rings is 1. The molecule has 4 aromatic rings. The minimum atomic E-state index is -0.418. The summed E-state index contributed by atoms with van der Waals surface area (Å²) in [6.45, 7) is 10.1. The number of nitrogens with zero attached hydrogens (tertiary/aromatic N) is 3. The number of rotatable bonds is 21. The number of carbonyl (C=O) groups excluding carboxylic acids is 4. The number of alkyl halides is 1. The monoisotopic (exact) mass is 892 g/mol. The van der Waals surface area contributed by atoms with Gasteiger partial charge in [0, 0.05) is 73.8 Å². The predicted molar refractivity (Wildman–Crippen MR) is 230 cm³/mol. The van der Waals surface area contributed by atoms with Gasteiger partial charge in [0.2, 0.25) is 11.8 Å². The number of benzene rings is 3. The van der Waals surface area contributed by atoms with Gasteiger partial charge in [-0.2, -0.15) is 5.10 Å². The Balaban J connectivity index is 0.969. The zero-order chi connectivity index (χ0) is 42.3. The standard InChI is InChI=1S/C43H53BrN6O10/c1-3-39(51)46-13-17-56-19-21-58-23-22-57-20-18-55-16-10-40(52)48-47-29(2)30-8-9-36-31(24-30)25-38(59-36)42(53)50-28-32(27-44)41-34-7-5-4-6-33(34)37(26-35(41)50)60-43(54)49-14-11-45-12-15-49/h4-9,24-26,32,45H,3,10-23,27-28H2,1-2H3,(H,46,51)(H,48,52)/b47-29+/t32-/m1/s1. The maximum Gasteiger partial charge on any atom is 0.415 e. The van der Waals surface area contributed by atoms with Gasteiger partial charge in [-0.15, -0.1) is 0 Å². The average Bonchev–Trinajstić information content (AvgIpc) is 3.88. The smallest absolute Gasteiger partial charge is 0.415 e. The zero-order valence-corrected chi connectivity index (χ0v) is 35.7. The molecule has 1 aromatic heterocycles. The Morgan fingerprint density at radius 2 is 1.55 bits per heavy atom. The normalized spacial score (nSPS) is 15.4. The van der Waals surface area contributed by atoms with Crippen LogP contribution in [0.25, 0.3) is 21.7 Å². The first-order chi connectivity index (χ1) is 29.3. The number of piperazine rings is 1. The fourth-order valence-corrected chi connectivity index (χ4v) is 7.44. The van der Waals surface area contributed by atoms with Crippen LogP contribution in [-0.4, -0.2) is 132 Å². The fourth-order valence-electron chi connectivity index (χ4n) is 6.91. The van der Waals surface area contributed by atoms with Gasteiger partial charge in [-0.1, -0.05) is 47.1 Å². The van der Waals surface area contributed by atoms with Crippen LogP contribution in [0.2, 0.25) is 0 Å². The third-order valence-electron chi connectivity index (χ3n) is 10.1. The van der Waals surface area contributed by atoms with Gasteiger partial charge in [-0.05, 0) is 47.7 Å². The summed E-state index contributed by atoms with van der Waals surface area (Å²) in [5.74, 6) is -0.0212. The highest BCUT2D eigenvalue weighted by Crippen LogP contribution is 2.46. The Morgan fingerprint density at radius 1 is 0.867 bits per heavy atom. The van der Waals surface area contributed by atoms with Gasteiger partial charge in [0.05, 0.1) is 70.7 Å². The summed E-state index contributed by atoms with van der Waals surface area (Å²) in [6.07, 6.45) is 0.163. The molecule has 1 fully saturated rings. The van der Waals surface area contributed by atoms with Crippen molar-refractivity contribution < 1.29 is 47.3 Å². The summed E-state index contributed by atoms with van der Waals surface area (Å²) >= 11 is 3.67. The van der Waals surface area contributed by atoms with Crippen molar-refractivity contribution in [1.82, 2.24) is 21.0 Å². The number of amides is 4. The SMILES string of the molecule is CCC(=O)NCCOCCOCCOCCOCCC(=O)N/N=C(\C)c1ccc2oc(C(=O)N3C[C@@H](CBr)c4c3cc(OC(=O)N3CCNCC3)c3ccccc43)cc2c1. The molecule has 0 saturated carbocycles. The van der Waals surface area contributed by atoms with Crippen LogP contribution < -0.4 is 25.7 Å². The summed E-state index contributed by atoms with van der Waals surface area (Å²) in [5, 5.41) is 13.3. The van der Waals surface area contributed by atoms with Crippen molar-refractivity contribution in [1.29, 1.82) is 0 Å². The highest BCUT2D eigenvalue weighted by atomic mass is 79.9. The van der Waals surface area contributed by atoms with E-state index in [9.17, 15) is 19.2 Å². The number of carbonyl (C=O) groups is 4. The van der Waals surface area contributed by atoms with Crippen LogP contribution in [0.3, 0.4) is 0 Å². The molecule has 16 nitrogen and oxygen atoms in total. The van der Waals surface area contributed by atoms with E-state index in [1.807, 2.05) is 36.4 Å². The predicted octanol–water partition coefficient (Wildman–Crippen LogP) is 4.95. The van der Waals surface area contributed by atoms with E-state index in [1.54, 1.807) is 41.8 Å². The molecule has 0 aliphatic carbocycles. The number of nitrogens with one attached hydrogen (secondary N) is 3. The fraction of sp³-hybridized carbons (Fsp3) is 0.465. The van der Waals surface area contributed by atoms with Crippen molar-refractivity contribution in [2.24, 2.45) is 5.10 Å². The molecule has 3 aromatic carbocycles. The molecule has 4 amide bonds. The highest BCUT2D eigenvalue weighted by molar-refractivity contribution is 9.09. The lowest BCUT2D eigenvalue weighted by Gasteiger charge is -2.27. The van der Waals surface area contributed by atoms with Gasteiger partial charge < -0.3 is 48.5 Å². The molecule has 1 saturated heterocycles. The van der Waals surface area contributed by atoms with Gasteiger partial charge >= 0.3 is 6.09 Å². The Morgan fingerprint density at radius 3 is 2.25 bits per heavy atom. The van der Waals surface area contributed by atoms with Crippen molar-refractivity contribution in [3.05, 3.63) is 71.5 Å². The number of hydrazone groups is 1. The summed E-state index contributed by atoms with van der Waals surface area (Å²) < 4.78 is 33.9. The number of anilines is 1. The van der Waals surface area contributed by atoms with Crippen LogP contribution in [0.1, 0.15) is 54.3 Å². The van der Waals surface area contributed by atoms with Gasteiger partial charge in [0.15, 0.2) is 5.76 Å². The second-order valence-electron chi connectivity index (χ2n) is 14.2. The molecule has 3 heterocycles. The van der Waals surface area contributed by atoms with Gasteiger partial charge in [0.25, 0.3) is 5.91 Å². The van der Waals surface area contributed by atoms with Crippen LogP contribution in [0.5, 0.6) is 5.75 Å². The Bertz CT molecular complexity index is 2140. The van der Waals surface area contributed by atoms with Crippen LogP contribution in [0.4, 0.5) is 10.5 Å². The third kappa shape index (κ3) is 11.9. The molecular weight excluding hydrogens is 840 g/mol. The van der Waals surface area contributed by atoms with Crippen molar-refractivity contribution in [2.75, 3.05) is 102 Å². The summed E-state index contributed by atoms with van der Waals surface area (Å²) in [5.41, 5.74) is 6.12. The van der Waals surface area contributed by atoms with E-state index >= 15 is 0 Å². The van der Waals surface area contributed by atoms with Crippen molar-refractivity contribution >= 4 is 72.9 Å². The molecule has 0 bridgehead atoms. The molecule has 3 N–H and O–H groups in total. The number of hydrogen-bond donors (Lipinski definition) is 3. The molecule has 6 rings (SSSR count). The average molecular weight is 894 g/mol. The Hall–Kier alpha value is -4.91. The van der Waals surface area contributed by atoms with Crippen LogP contribution in [0.15, 0.2) is 64.1 Å². The third-order valence-corrected chi connectivity index (χ3v) is 10.9. The molecule has 0 radical (unpaired) electrons. The number of ether oxygens (including phenoxy) is 5. The van der Waals surface area contributed by atoms with E-state index in [1.165, 1.54) is 0 Å². The summed E-state index contributed by atoms with van der Waals surface area (Å²) in [6, 6.07) is 16.8. The Kier molecular flexibility index (Phi) is 16.8. The van der Waals surface area contributed by atoms with Crippen LogP contribution in [0, 0.1) is 0 Å². The summed E-state index contributed by atoms with van der Waals surface area (Å²) in [4.78, 5) is 54.4. The largest absolute Gasteiger partial charge is 0.451 e. The minimum absolute atomic E-state index is 0.00137. The highest BCUT2D eigenvalue weighted by Gasteiger charge is 2.36. The Labute approximate surface area is 357 Å². The van der Waals surface area contributed by atoms with Gasteiger partial charge in [0.1, 0.15) is 11.3 Å². The van der Waals surface area contributed by atoms with Crippen molar-refractivity contribution in [3.8, 4) is 5.75 Å². The first-order valence-electron chi connectivity index (χ1n) is 20.3. The quantitative estimate of drug-likeness (QED) is 0.0446. The second-order valence-corrected chi connectivity index (χ2v) is 14.9. The molecule has 322 valence electrons. The topological polar surface area (TPSA) is 182 Å². The van der Waals surface area contributed by atoms with Crippen molar-refractivity contribution in [3.63, 3.8) is 0 Å².